The van der Waals surface area contributed by atoms with E-state index in [4.69, 9.17) is 12.2 Å². The minimum absolute atomic E-state index is 0.498. The zero-order valence-electron chi connectivity index (χ0n) is 10.5. The Hall–Kier alpha value is -1.00. The molecule has 0 bridgehead atoms. The fourth-order valence-corrected chi connectivity index (χ4v) is 2.60. The molecule has 4 heteroatoms. The van der Waals surface area contributed by atoms with E-state index in [2.05, 4.69) is 34.8 Å². The zero-order valence-corrected chi connectivity index (χ0v) is 11.3. The summed E-state index contributed by atoms with van der Waals surface area (Å²) in [6.45, 7) is 4.36. The van der Waals surface area contributed by atoms with Crippen molar-refractivity contribution in [2.75, 3.05) is 25.0 Å². The van der Waals surface area contributed by atoms with Crippen molar-refractivity contribution < 1.29 is 0 Å². The van der Waals surface area contributed by atoms with Gasteiger partial charge in [0.1, 0.15) is 5.82 Å². The van der Waals surface area contributed by atoms with Crippen LogP contribution in [0.4, 0.5) is 5.82 Å². The summed E-state index contributed by atoms with van der Waals surface area (Å²) in [6.07, 6.45) is 4.14. The van der Waals surface area contributed by atoms with Crippen LogP contribution in [0.2, 0.25) is 0 Å². The maximum Gasteiger partial charge on any atom is 0.136 e. The van der Waals surface area contributed by atoms with Crippen molar-refractivity contribution in [2.24, 2.45) is 0 Å². The van der Waals surface area contributed by atoms with E-state index in [0.717, 1.165) is 31.7 Å². The van der Waals surface area contributed by atoms with Gasteiger partial charge in [-0.15, -0.1) is 0 Å². The molecule has 1 fully saturated rings. The van der Waals surface area contributed by atoms with Gasteiger partial charge in [-0.05, 0) is 51.5 Å². The number of aromatic nitrogens is 1. The van der Waals surface area contributed by atoms with E-state index in [-0.39, 0.29) is 0 Å². The summed E-state index contributed by atoms with van der Waals surface area (Å²) in [5.74, 6) is 1.01. The van der Waals surface area contributed by atoms with Crippen LogP contribution in [0.5, 0.6) is 0 Å². The van der Waals surface area contributed by atoms with Crippen molar-refractivity contribution in [3.05, 3.63) is 23.9 Å². The highest BCUT2D eigenvalue weighted by atomic mass is 32.1. The monoisotopic (exact) mass is 249 g/mol. The molecule has 0 radical (unpaired) electrons. The number of hydrogen-bond acceptors (Lipinski definition) is 3. The highest BCUT2D eigenvalue weighted by Crippen LogP contribution is 2.22. The van der Waals surface area contributed by atoms with Crippen molar-refractivity contribution in [3.63, 3.8) is 0 Å². The fourth-order valence-electron chi connectivity index (χ4n) is 2.33. The molecule has 17 heavy (non-hydrogen) atoms. The van der Waals surface area contributed by atoms with Crippen molar-refractivity contribution >= 4 is 23.5 Å². The molecule has 0 aromatic carbocycles. The number of pyridine rings is 1. The first-order valence-corrected chi connectivity index (χ1v) is 6.53. The van der Waals surface area contributed by atoms with Gasteiger partial charge in [-0.3, -0.25) is 0 Å². The minimum Gasteiger partial charge on any atom is -0.320 e. The number of thiocarbonyl (C=S) groups is 1. The number of likely N-dealkylation sites (tertiary alicyclic amines) is 1. The van der Waals surface area contributed by atoms with Gasteiger partial charge in [-0.2, -0.15) is 0 Å². The molecule has 0 amide bonds. The Morgan fingerprint density at radius 3 is 2.76 bits per heavy atom. The number of hydrogen-bond donors (Lipinski definition) is 0. The van der Waals surface area contributed by atoms with E-state index in [1.165, 1.54) is 5.56 Å². The molecule has 2 heterocycles. The minimum atomic E-state index is 0.498. The van der Waals surface area contributed by atoms with Crippen LogP contribution in [0.15, 0.2) is 18.3 Å². The molecule has 1 aliphatic heterocycles. The quantitative estimate of drug-likeness (QED) is 0.765. The Morgan fingerprint density at radius 2 is 2.18 bits per heavy atom. The second-order valence-electron chi connectivity index (χ2n) is 4.69. The van der Waals surface area contributed by atoms with Crippen molar-refractivity contribution in [1.82, 2.24) is 9.88 Å². The summed E-state index contributed by atoms with van der Waals surface area (Å²) < 4.78 is 0. The third-order valence-corrected chi connectivity index (χ3v) is 3.65. The molecule has 1 aromatic heterocycles. The normalized spacial score (nSPS) is 18.0. The number of nitrogens with zero attached hydrogens (tertiary/aromatic N) is 3. The summed E-state index contributed by atoms with van der Waals surface area (Å²) in [6, 6.07) is 4.55. The molecule has 1 aliphatic rings. The second-order valence-corrected chi connectivity index (χ2v) is 4.90. The summed E-state index contributed by atoms with van der Waals surface area (Å²) in [5.41, 5.74) is 2.94. The van der Waals surface area contributed by atoms with Crippen LogP contribution in [-0.2, 0) is 0 Å². The Morgan fingerprint density at radius 1 is 1.47 bits per heavy atom. The molecule has 0 aliphatic carbocycles. The highest BCUT2D eigenvalue weighted by molar-refractivity contribution is 7.79. The second kappa shape index (κ2) is 5.56. The van der Waals surface area contributed by atoms with E-state index < -0.39 is 0 Å². The largest absolute Gasteiger partial charge is 0.320 e. The Balaban J connectivity index is 2.17. The molecule has 1 saturated heterocycles. The van der Waals surface area contributed by atoms with E-state index in [1.54, 1.807) is 5.49 Å². The number of anilines is 1. The van der Waals surface area contributed by atoms with Crippen LogP contribution in [0, 0.1) is 6.92 Å². The number of aryl methyl sites for hydroxylation is 1. The van der Waals surface area contributed by atoms with Crippen LogP contribution < -0.4 is 4.90 Å². The topological polar surface area (TPSA) is 19.4 Å². The summed E-state index contributed by atoms with van der Waals surface area (Å²) in [5, 5.41) is 0. The Kier molecular flexibility index (Phi) is 4.07. The predicted molar refractivity (Wildman–Crippen MR) is 75.6 cm³/mol. The lowest BCUT2D eigenvalue weighted by molar-refractivity contribution is 0.257. The molecule has 3 nitrogen and oxygen atoms in total. The predicted octanol–water partition coefficient (Wildman–Crippen LogP) is 2.25. The number of piperidine rings is 1. The van der Waals surface area contributed by atoms with Gasteiger partial charge >= 0.3 is 0 Å². The van der Waals surface area contributed by atoms with Gasteiger partial charge in [0.2, 0.25) is 0 Å². The Bertz CT molecular complexity index is 386. The van der Waals surface area contributed by atoms with Crippen molar-refractivity contribution in [1.29, 1.82) is 0 Å². The molecular formula is C13H19N3S. The smallest absolute Gasteiger partial charge is 0.136 e. The first-order valence-electron chi connectivity index (χ1n) is 6.06. The van der Waals surface area contributed by atoms with Crippen molar-refractivity contribution in [3.8, 4) is 0 Å². The van der Waals surface area contributed by atoms with Gasteiger partial charge in [-0.1, -0.05) is 18.3 Å². The summed E-state index contributed by atoms with van der Waals surface area (Å²) in [4.78, 5) is 8.99. The van der Waals surface area contributed by atoms with Crippen LogP contribution in [0.25, 0.3) is 0 Å². The van der Waals surface area contributed by atoms with Gasteiger partial charge < -0.3 is 9.80 Å². The molecule has 2 rings (SSSR count). The van der Waals surface area contributed by atoms with Crippen LogP contribution in [0.1, 0.15) is 18.4 Å². The molecular weight excluding hydrogens is 230 g/mol. The molecule has 0 N–H and O–H groups in total. The lowest BCUT2D eigenvalue weighted by atomic mass is 10.0. The van der Waals surface area contributed by atoms with Gasteiger partial charge in [0.15, 0.2) is 0 Å². The lowest BCUT2D eigenvalue weighted by Crippen LogP contribution is -2.43. The lowest BCUT2D eigenvalue weighted by Gasteiger charge is -2.36. The van der Waals surface area contributed by atoms with E-state index in [9.17, 15) is 0 Å². The maximum absolute atomic E-state index is 5.17. The average molecular weight is 249 g/mol. The van der Waals surface area contributed by atoms with Gasteiger partial charge in [0.05, 0.1) is 5.49 Å². The zero-order chi connectivity index (χ0) is 12.3. The SMILES string of the molecule is Cc1cccnc1N(C=S)C1CCN(C)CC1. The molecule has 92 valence electrons. The van der Waals surface area contributed by atoms with Gasteiger partial charge in [0.25, 0.3) is 0 Å². The molecule has 0 atom stereocenters. The molecule has 0 saturated carbocycles. The summed E-state index contributed by atoms with van der Waals surface area (Å²) in [7, 11) is 2.17. The molecule has 0 spiro atoms. The van der Waals surface area contributed by atoms with E-state index in [1.807, 2.05) is 12.3 Å². The number of rotatable bonds is 3. The van der Waals surface area contributed by atoms with Crippen LogP contribution in [-0.4, -0.2) is 41.6 Å². The first kappa shape index (κ1) is 12.5. The fraction of sp³-hybridized carbons (Fsp3) is 0.538. The summed E-state index contributed by atoms with van der Waals surface area (Å²) >= 11 is 5.17. The van der Waals surface area contributed by atoms with E-state index in [0.29, 0.717) is 6.04 Å². The third-order valence-electron chi connectivity index (χ3n) is 3.42. The third kappa shape index (κ3) is 2.82. The highest BCUT2D eigenvalue weighted by Gasteiger charge is 2.23. The molecule has 1 aromatic rings. The Labute approximate surface area is 108 Å². The van der Waals surface area contributed by atoms with Crippen LogP contribution in [0.3, 0.4) is 0 Å². The molecule has 0 unspecified atom stereocenters. The van der Waals surface area contributed by atoms with E-state index >= 15 is 0 Å². The standard InChI is InChI=1S/C13H19N3S/c1-11-4-3-7-14-13(11)16(10-17)12-5-8-15(2)9-6-12/h3-4,7,10,12H,5-6,8-9H2,1-2H3. The maximum atomic E-state index is 5.17. The average Bonchev–Trinajstić information content (AvgIpc) is 2.35. The van der Waals surface area contributed by atoms with Crippen molar-refractivity contribution in [2.45, 2.75) is 25.8 Å². The van der Waals surface area contributed by atoms with Gasteiger partial charge in [-0.25, -0.2) is 4.98 Å². The first-order chi connectivity index (χ1) is 8.22. The van der Waals surface area contributed by atoms with Gasteiger partial charge in [0, 0.05) is 12.2 Å². The van der Waals surface area contributed by atoms with Crippen LogP contribution >= 0.6 is 12.2 Å².